The molecule has 0 fully saturated rings. The molecule has 0 radical (unpaired) electrons. The lowest BCUT2D eigenvalue weighted by Gasteiger charge is -2.17. The van der Waals surface area contributed by atoms with Gasteiger partial charge < -0.3 is 4.74 Å². The number of ketones is 1. The molecule has 0 aromatic heterocycles. The van der Waals surface area contributed by atoms with Crippen molar-refractivity contribution in [3.63, 3.8) is 0 Å². The van der Waals surface area contributed by atoms with Crippen molar-refractivity contribution >= 4 is 27.6 Å². The Kier molecular flexibility index (Phi) is 6.65. The number of nitrogens with zero attached hydrogens (tertiary/aromatic N) is 1. The predicted octanol–water partition coefficient (Wildman–Crippen LogP) is 3.67. The van der Waals surface area contributed by atoms with Crippen LogP contribution in [0.1, 0.15) is 40.4 Å². The number of sulfonamides is 1. The van der Waals surface area contributed by atoms with Crippen LogP contribution in [-0.4, -0.2) is 32.6 Å². The molecule has 1 unspecified atom stereocenters. The van der Waals surface area contributed by atoms with Crippen LogP contribution in [0.4, 0.5) is 0 Å². The first-order chi connectivity index (χ1) is 16.0. The zero-order chi connectivity index (χ0) is 23.3. The molecule has 8 heteroatoms. The van der Waals surface area contributed by atoms with Gasteiger partial charge in [-0.25, -0.2) is 8.42 Å². The second kappa shape index (κ2) is 9.79. The molecule has 0 aliphatic carbocycles. The summed E-state index contributed by atoms with van der Waals surface area (Å²) in [4.78, 5) is 30.0. The summed E-state index contributed by atoms with van der Waals surface area (Å²) in [5, 5.41) is 0. The molecule has 1 aliphatic heterocycles. The van der Waals surface area contributed by atoms with E-state index >= 15 is 0 Å². The van der Waals surface area contributed by atoms with Crippen LogP contribution in [-0.2, 0) is 19.6 Å². The van der Waals surface area contributed by atoms with Crippen molar-refractivity contribution in [2.24, 2.45) is 4.99 Å². The van der Waals surface area contributed by atoms with Gasteiger partial charge in [-0.05, 0) is 18.6 Å². The molecule has 1 heterocycles. The molecule has 1 atom stereocenters. The number of benzene rings is 3. The number of nitrogens with one attached hydrogen (secondary N) is 1. The third kappa shape index (κ3) is 5.18. The van der Waals surface area contributed by atoms with Crippen molar-refractivity contribution in [1.82, 2.24) is 4.72 Å². The summed E-state index contributed by atoms with van der Waals surface area (Å²) in [5.41, 5.74) is 1.56. The number of amidine groups is 1. The second-order valence-electron chi connectivity index (χ2n) is 7.45. The number of rotatable bonds is 8. The summed E-state index contributed by atoms with van der Waals surface area (Å²) in [5.74, 6) is -0.562. The number of hydrogen-bond donors (Lipinski definition) is 1. The van der Waals surface area contributed by atoms with Gasteiger partial charge in [0.15, 0.2) is 6.10 Å². The van der Waals surface area contributed by atoms with Gasteiger partial charge in [-0.1, -0.05) is 72.8 Å². The summed E-state index contributed by atoms with van der Waals surface area (Å²) in [6.07, 6.45) is -0.662. The van der Waals surface area contributed by atoms with Gasteiger partial charge in [0.2, 0.25) is 5.78 Å². The highest BCUT2D eigenvalue weighted by molar-refractivity contribution is 7.90. The van der Waals surface area contributed by atoms with Gasteiger partial charge >= 0.3 is 5.97 Å². The lowest BCUT2D eigenvalue weighted by molar-refractivity contribution is -0.147. The van der Waals surface area contributed by atoms with E-state index in [-0.39, 0.29) is 29.5 Å². The summed E-state index contributed by atoms with van der Waals surface area (Å²) >= 11 is 0. The molecule has 4 rings (SSSR count). The zero-order valence-corrected chi connectivity index (χ0v) is 18.5. The number of aliphatic imine (C=N–C) groups is 1. The fraction of sp³-hybridized carbons (Fsp3) is 0.160. The molecule has 1 aliphatic rings. The Morgan fingerprint density at radius 2 is 1.52 bits per heavy atom. The monoisotopic (exact) mass is 462 g/mol. The molecule has 7 nitrogen and oxygen atoms in total. The van der Waals surface area contributed by atoms with E-state index in [1.54, 1.807) is 66.7 Å². The van der Waals surface area contributed by atoms with E-state index in [0.29, 0.717) is 23.1 Å². The molecule has 3 aromatic rings. The van der Waals surface area contributed by atoms with Crippen molar-refractivity contribution in [2.45, 2.75) is 23.8 Å². The van der Waals surface area contributed by atoms with E-state index in [1.165, 1.54) is 6.07 Å². The van der Waals surface area contributed by atoms with Crippen molar-refractivity contribution < 1.29 is 22.7 Å². The van der Waals surface area contributed by atoms with Gasteiger partial charge in [0.25, 0.3) is 10.0 Å². The van der Waals surface area contributed by atoms with E-state index in [1.807, 2.05) is 12.1 Å². The topological polar surface area (TPSA) is 102 Å². The number of carbonyl (C=O) groups excluding carboxylic acids is 2. The third-order valence-electron chi connectivity index (χ3n) is 5.12. The number of Topliss-reactive ketones (excluding diaryl/α,β-unsaturated/α-hetero) is 1. The molecule has 0 spiro atoms. The van der Waals surface area contributed by atoms with Crippen LogP contribution in [0.25, 0.3) is 0 Å². The fourth-order valence-corrected chi connectivity index (χ4v) is 4.76. The summed E-state index contributed by atoms with van der Waals surface area (Å²) in [6.45, 7) is 0.226. The normalized spacial score (nSPS) is 15.9. The molecular weight excluding hydrogens is 440 g/mol. The SMILES string of the molecule is O=C(CCCN=C1NS(=O)(=O)c2ccccc21)OC(C(=O)c1ccccc1)c1ccccc1. The zero-order valence-electron chi connectivity index (χ0n) is 17.7. The highest BCUT2D eigenvalue weighted by atomic mass is 32.2. The maximum atomic E-state index is 13.0. The van der Waals surface area contributed by atoms with E-state index < -0.39 is 22.1 Å². The first-order valence-corrected chi connectivity index (χ1v) is 11.9. The molecule has 0 saturated heterocycles. The molecule has 1 N–H and O–H groups in total. The van der Waals surface area contributed by atoms with Crippen molar-refractivity contribution in [3.05, 3.63) is 102 Å². The average molecular weight is 463 g/mol. The largest absolute Gasteiger partial charge is 0.449 e. The van der Waals surface area contributed by atoms with Crippen LogP contribution < -0.4 is 4.72 Å². The minimum Gasteiger partial charge on any atom is -0.449 e. The molecule has 168 valence electrons. The summed E-state index contributed by atoms with van der Waals surface area (Å²) in [6, 6.07) is 24.2. The molecule has 33 heavy (non-hydrogen) atoms. The number of fused-ring (bicyclic) bond motifs is 1. The van der Waals surface area contributed by atoms with Crippen LogP contribution in [0.5, 0.6) is 0 Å². The Hall–Kier alpha value is -3.78. The number of ether oxygens (including phenoxy) is 1. The Bertz CT molecular complexity index is 1290. The Labute approximate surface area is 192 Å². The number of esters is 1. The van der Waals surface area contributed by atoms with Crippen LogP contribution in [0.15, 0.2) is 94.8 Å². The highest BCUT2D eigenvalue weighted by Crippen LogP contribution is 2.24. The first-order valence-electron chi connectivity index (χ1n) is 10.5. The van der Waals surface area contributed by atoms with Gasteiger partial charge in [-0.15, -0.1) is 0 Å². The van der Waals surface area contributed by atoms with Gasteiger partial charge in [0.05, 0.1) is 4.90 Å². The van der Waals surface area contributed by atoms with Crippen molar-refractivity contribution in [3.8, 4) is 0 Å². The Morgan fingerprint density at radius 1 is 0.879 bits per heavy atom. The second-order valence-corrected chi connectivity index (χ2v) is 9.10. The van der Waals surface area contributed by atoms with E-state index in [2.05, 4.69) is 9.71 Å². The third-order valence-corrected chi connectivity index (χ3v) is 6.52. The maximum Gasteiger partial charge on any atom is 0.306 e. The van der Waals surface area contributed by atoms with Gasteiger partial charge in [-0.3, -0.25) is 19.3 Å². The smallest absolute Gasteiger partial charge is 0.306 e. The lowest BCUT2D eigenvalue weighted by Crippen LogP contribution is -2.22. The summed E-state index contributed by atoms with van der Waals surface area (Å²) < 4.78 is 32.3. The molecule has 0 bridgehead atoms. The molecule has 3 aromatic carbocycles. The predicted molar refractivity (Wildman–Crippen MR) is 123 cm³/mol. The Balaban J connectivity index is 1.40. The molecular formula is C25H22N2O5S. The van der Waals surface area contributed by atoms with Crippen molar-refractivity contribution in [2.75, 3.05) is 6.54 Å². The first kappa shape index (κ1) is 22.4. The van der Waals surface area contributed by atoms with Gasteiger partial charge in [-0.2, -0.15) is 0 Å². The molecule has 0 amide bonds. The number of hydrogen-bond acceptors (Lipinski definition) is 6. The lowest BCUT2D eigenvalue weighted by atomic mass is 10.00. The van der Waals surface area contributed by atoms with E-state index in [0.717, 1.165) is 0 Å². The van der Waals surface area contributed by atoms with E-state index in [9.17, 15) is 18.0 Å². The average Bonchev–Trinajstić information content (AvgIpc) is 3.11. The molecule has 0 saturated carbocycles. The standard InChI is InChI=1S/C25H22N2O5S/c28-22(16-9-17-26-25-20-14-7-8-15-21(20)33(30,31)27-25)32-24(19-12-5-2-6-13-19)23(29)18-10-3-1-4-11-18/h1-8,10-15,24H,9,16-17H2,(H,26,27). The minimum absolute atomic E-state index is 0.0383. The van der Waals surface area contributed by atoms with Gasteiger partial charge in [0, 0.05) is 29.7 Å². The fourth-order valence-electron chi connectivity index (χ4n) is 3.51. The van der Waals surface area contributed by atoms with Crippen molar-refractivity contribution in [1.29, 1.82) is 0 Å². The minimum atomic E-state index is -3.60. The van der Waals surface area contributed by atoms with Crippen LogP contribution in [0.3, 0.4) is 0 Å². The number of carbonyl (C=O) groups is 2. The van der Waals surface area contributed by atoms with Crippen LogP contribution >= 0.6 is 0 Å². The Morgan fingerprint density at radius 3 is 2.24 bits per heavy atom. The van der Waals surface area contributed by atoms with E-state index in [4.69, 9.17) is 4.74 Å². The highest BCUT2D eigenvalue weighted by Gasteiger charge is 2.30. The van der Waals surface area contributed by atoms with Crippen LogP contribution in [0.2, 0.25) is 0 Å². The van der Waals surface area contributed by atoms with Gasteiger partial charge in [0.1, 0.15) is 5.84 Å². The van der Waals surface area contributed by atoms with Crippen LogP contribution in [0, 0.1) is 0 Å². The summed E-state index contributed by atoms with van der Waals surface area (Å²) in [7, 11) is -3.60. The quantitative estimate of drug-likeness (QED) is 0.313. The maximum absolute atomic E-state index is 13.0.